The quantitative estimate of drug-likeness (QED) is 0.467. The van der Waals surface area contributed by atoms with E-state index >= 15 is 0 Å². The molecule has 1 unspecified atom stereocenters. The van der Waals surface area contributed by atoms with Gasteiger partial charge in [-0.05, 0) is 48.2 Å². The predicted molar refractivity (Wildman–Crippen MR) is 94.9 cm³/mol. The predicted octanol–water partition coefficient (Wildman–Crippen LogP) is 6.16. The third kappa shape index (κ3) is 4.90. The van der Waals surface area contributed by atoms with Crippen LogP contribution in [0.2, 0.25) is 0 Å². The molecule has 106 valence electrons. The van der Waals surface area contributed by atoms with Crippen LogP contribution in [0.25, 0.3) is 0 Å². The summed E-state index contributed by atoms with van der Waals surface area (Å²) in [6.45, 7) is 0.708. The van der Waals surface area contributed by atoms with Crippen LogP contribution < -0.4 is 4.74 Å². The Morgan fingerprint density at radius 1 is 0.950 bits per heavy atom. The van der Waals surface area contributed by atoms with E-state index < -0.39 is 0 Å². The number of rotatable bonds is 6. The van der Waals surface area contributed by atoms with Gasteiger partial charge in [0.15, 0.2) is 0 Å². The van der Waals surface area contributed by atoms with Crippen LogP contribution in [0.5, 0.6) is 5.75 Å². The maximum Gasteiger partial charge on any atom is 0.120 e. The second-order valence-electron chi connectivity index (χ2n) is 4.50. The number of halogens is 3. The van der Waals surface area contributed by atoms with Gasteiger partial charge in [-0.1, -0.05) is 66.0 Å². The maximum atomic E-state index is 5.81. The molecule has 4 heteroatoms. The second-order valence-corrected chi connectivity index (χ2v) is 6.98. The van der Waals surface area contributed by atoms with Crippen molar-refractivity contribution < 1.29 is 4.74 Å². The fourth-order valence-electron chi connectivity index (χ4n) is 1.97. The SMILES string of the molecule is BrCC(CCOc1cccc(Br)c1)c1cccc(Br)c1. The third-order valence-corrected chi connectivity index (χ3v) is 4.81. The largest absolute Gasteiger partial charge is 0.494 e. The van der Waals surface area contributed by atoms with Crippen LogP contribution in [-0.4, -0.2) is 11.9 Å². The minimum atomic E-state index is 0.458. The molecule has 0 N–H and O–H groups in total. The molecule has 0 heterocycles. The highest BCUT2D eigenvalue weighted by molar-refractivity contribution is 9.10. The Labute approximate surface area is 145 Å². The van der Waals surface area contributed by atoms with Crippen molar-refractivity contribution in [2.24, 2.45) is 0 Å². The highest BCUT2D eigenvalue weighted by Crippen LogP contribution is 2.25. The molecule has 0 saturated heterocycles. The van der Waals surface area contributed by atoms with Gasteiger partial charge < -0.3 is 4.74 Å². The molecule has 0 amide bonds. The molecule has 0 aliphatic rings. The molecule has 0 radical (unpaired) electrons. The van der Waals surface area contributed by atoms with Crippen LogP contribution in [0.15, 0.2) is 57.5 Å². The Balaban J connectivity index is 1.91. The van der Waals surface area contributed by atoms with Crippen LogP contribution in [0.1, 0.15) is 17.9 Å². The highest BCUT2D eigenvalue weighted by atomic mass is 79.9. The molecular weight excluding hydrogens is 448 g/mol. The number of ether oxygens (including phenoxy) is 1. The van der Waals surface area contributed by atoms with Gasteiger partial charge in [0.25, 0.3) is 0 Å². The lowest BCUT2D eigenvalue weighted by Gasteiger charge is -2.15. The molecule has 0 spiro atoms. The lowest BCUT2D eigenvalue weighted by Crippen LogP contribution is -2.07. The molecule has 0 aliphatic heterocycles. The molecule has 1 nitrogen and oxygen atoms in total. The maximum absolute atomic E-state index is 5.81. The molecule has 0 fully saturated rings. The minimum absolute atomic E-state index is 0.458. The first-order chi connectivity index (χ1) is 9.69. The fraction of sp³-hybridized carbons (Fsp3) is 0.250. The number of alkyl halides is 1. The van der Waals surface area contributed by atoms with E-state index in [4.69, 9.17) is 4.74 Å². The van der Waals surface area contributed by atoms with Gasteiger partial charge in [0.05, 0.1) is 6.61 Å². The van der Waals surface area contributed by atoms with Crippen molar-refractivity contribution in [3.05, 3.63) is 63.0 Å². The van der Waals surface area contributed by atoms with Gasteiger partial charge in [-0.25, -0.2) is 0 Å². The minimum Gasteiger partial charge on any atom is -0.494 e. The van der Waals surface area contributed by atoms with Crippen molar-refractivity contribution in [3.8, 4) is 5.75 Å². The Hall–Kier alpha value is -0.320. The number of hydrogen-bond donors (Lipinski definition) is 0. The van der Waals surface area contributed by atoms with Gasteiger partial charge >= 0.3 is 0 Å². The molecule has 0 bridgehead atoms. The van der Waals surface area contributed by atoms with Crippen molar-refractivity contribution in [2.75, 3.05) is 11.9 Å². The van der Waals surface area contributed by atoms with E-state index in [1.165, 1.54) is 5.56 Å². The summed E-state index contributed by atoms with van der Waals surface area (Å²) in [5, 5.41) is 0.936. The van der Waals surface area contributed by atoms with Crippen molar-refractivity contribution in [2.45, 2.75) is 12.3 Å². The average Bonchev–Trinajstić information content (AvgIpc) is 2.44. The average molecular weight is 463 g/mol. The molecule has 0 aliphatic carbocycles. The molecule has 2 rings (SSSR count). The summed E-state index contributed by atoms with van der Waals surface area (Å²) in [4.78, 5) is 0. The van der Waals surface area contributed by atoms with E-state index in [1.54, 1.807) is 0 Å². The zero-order valence-corrected chi connectivity index (χ0v) is 15.6. The van der Waals surface area contributed by atoms with Gasteiger partial charge in [-0.15, -0.1) is 0 Å². The summed E-state index contributed by atoms with van der Waals surface area (Å²) in [5.74, 6) is 1.36. The molecule has 2 aromatic carbocycles. The lowest BCUT2D eigenvalue weighted by molar-refractivity contribution is 0.301. The topological polar surface area (TPSA) is 9.23 Å². The molecule has 0 aromatic heterocycles. The summed E-state index contributed by atoms with van der Waals surface area (Å²) in [5.41, 5.74) is 1.33. The number of benzene rings is 2. The first kappa shape index (κ1) is 16.1. The molecule has 1 atom stereocenters. The van der Waals surface area contributed by atoms with E-state index in [0.717, 1.165) is 26.4 Å². The van der Waals surface area contributed by atoms with Gasteiger partial charge in [0.1, 0.15) is 5.75 Å². The molecule has 20 heavy (non-hydrogen) atoms. The van der Waals surface area contributed by atoms with E-state index in [0.29, 0.717) is 12.5 Å². The Morgan fingerprint density at radius 3 is 2.30 bits per heavy atom. The fourth-order valence-corrected chi connectivity index (χ4v) is 3.46. The van der Waals surface area contributed by atoms with E-state index in [-0.39, 0.29) is 0 Å². The first-order valence-electron chi connectivity index (χ1n) is 6.39. The standard InChI is InChI=1S/C16H15Br3O/c17-11-13(12-3-1-4-14(18)9-12)7-8-20-16-6-2-5-15(19)10-16/h1-6,9-10,13H,7-8,11H2. The van der Waals surface area contributed by atoms with E-state index in [2.05, 4.69) is 66.0 Å². The molecule has 2 aromatic rings. The van der Waals surface area contributed by atoms with Gasteiger partial charge in [0.2, 0.25) is 0 Å². The van der Waals surface area contributed by atoms with Gasteiger partial charge in [-0.2, -0.15) is 0 Å². The summed E-state index contributed by atoms with van der Waals surface area (Å²) >= 11 is 10.6. The lowest BCUT2D eigenvalue weighted by atomic mass is 9.98. The van der Waals surface area contributed by atoms with E-state index in [9.17, 15) is 0 Å². The normalized spacial score (nSPS) is 12.2. The molecular formula is C16H15Br3O. The van der Waals surface area contributed by atoms with Crippen LogP contribution in [0.3, 0.4) is 0 Å². The van der Waals surface area contributed by atoms with Crippen molar-refractivity contribution in [1.29, 1.82) is 0 Å². The summed E-state index contributed by atoms with van der Waals surface area (Å²) in [6, 6.07) is 16.4. The Kier molecular flexibility index (Phi) is 6.59. The van der Waals surface area contributed by atoms with Crippen LogP contribution in [-0.2, 0) is 0 Å². The van der Waals surface area contributed by atoms with Crippen molar-refractivity contribution in [3.63, 3.8) is 0 Å². The van der Waals surface area contributed by atoms with Gasteiger partial charge in [-0.3, -0.25) is 0 Å². The van der Waals surface area contributed by atoms with Gasteiger partial charge in [0, 0.05) is 14.3 Å². The van der Waals surface area contributed by atoms with E-state index in [1.807, 2.05) is 30.3 Å². The van der Waals surface area contributed by atoms with Crippen LogP contribution in [0.4, 0.5) is 0 Å². The van der Waals surface area contributed by atoms with Crippen molar-refractivity contribution in [1.82, 2.24) is 0 Å². The molecule has 0 saturated carbocycles. The summed E-state index contributed by atoms with van der Waals surface area (Å²) < 4.78 is 7.97. The second kappa shape index (κ2) is 8.20. The Morgan fingerprint density at radius 2 is 1.65 bits per heavy atom. The monoisotopic (exact) mass is 460 g/mol. The Bertz CT molecular complexity index is 557. The first-order valence-corrected chi connectivity index (χ1v) is 9.09. The van der Waals surface area contributed by atoms with Crippen molar-refractivity contribution >= 4 is 47.8 Å². The number of hydrogen-bond acceptors (Lipinski definition) is 1. The van der Waals surface area contributed by atoms with Crippen LogP contribution >= 0.6 is 47.8 Å². The zero-order chi connectivity index (χ0) is 14.4. The zero-order valence-electron chi connectivity index (χ0n) is 10.9. The smallest absolute Gasteiger partial charge is 0.120 e. The summed E-state index contributed by atoms with van der Waals surface area (Å²) in [7, 11) is 0. The van der Waals surface area contributed by atoms with Crippen LogP contribution in [0, 0.1) is 0 Å². The summed E-state index contributed by atoms with van der Waals surface area (Å²) in [6.07, 6.45) is 0.980. The highest BCUT2D eigenvalue weighted by Gasteiger charge is 2.10. The third-order valence-electron chi connectivity index (χ3n) is 3.04.